The molecule has 0 fully saturated rings. The largest absolute Gasteiger partial charge is 0.469 e. The number of nitrogens with one attached hydrogen (secondary N) is 1. The average Bonchev–Trinajstić information content (AvgIpc) is 1.97. The number of carbonyl (C=O) groups excluding carboxylic acids is 1. The molecule has 0 rings (SSSR count). The van der Waals surface area contributed by atoms with E-state index in [0.717, 1.165) is 0 Å². The Morgan fingerprint density at radius 3 is 2.62 bits per heavy atom. The molecule has 5 N–H and O–H groups in total. The van der Waals surface area contributed by atoms with Gasteiger partial charge in [-0.2, -0.15) is 0 Å². The fourth-order valence-electron chi connectivity index (χ4n) is 0.482. The van der Waals surface area contributed by atoms with Crippen molar-refractivity contribution in [1.82, 2.24) is 5.32 Å². The number of phosphoric acid groups is 1. The van der Waals surface area contributed by atoms with Crippen LogP contribution < -0.4 is 11.2 Å². The first-order valence-electron chi connectivity index (χ1n) is 3.24. The molecule has 0 aliphatic carbocycles. The minimum Gasteiger partial charge on any atom is -0.352 e. The Labute approximate surface area is 74.2 Å². The predicted octanol–water partition coefficient (Wildman–Crippen LogP) is -1.90. The number of hydrogen-bond acceptors (Lipinski definition) is 5. The number of amides is 1. The predicted molar refractivity (Wildman–Crippen MR) is 41.1 cm³/mol. The first-order chi connectivity index (χ1) is 5.95. The standard InChI is InChI=1S/C4H11N2O6P/c5-11-3-4(7)6-1-2-12-13(8,9)10/h1-3,5H2,(H,6,7)(H2,8,9,10). The summed E-state index contributed by atoms with van der Waals surface area (Å²) in [6.07, 6.45) is 0. The molecule has 13 heavy (non-hydrogen) atoms. The van der Waals surface area contributed by atoms with Gasteiger partial charge in [-0.05, 0) is 0 Å². The van der Waals surface area contributed by atoms with E-state index >= 15 is 0 Å². The summed E-state index contributed by atoms with van der Waals surface area (Å²) in [7, 11) is -4.45. The molecule has 0 atom stereocenters. The summed E-state index contributed by atoms with van der Waals surface area (Å²) in [5, 5.41) is 2.24. The second-order valence-electron chi connectivity index (χ2n) is 1.98. The monoisotopic (exact) mass is 214 g/mol. The molecule has 0 aromatic rings. The van der Waals surface area contributed by atoms with Gasteiger partial charge in [-0.3, -0.25) is 14.2 Å². The smallest absolute Gasteiger partial charge is 0.352 e. The molecule has 0 heterocycles. The Hall–Kier alpha value is -0.500. The summed E-state index contributed by atoms with van der Waals surface area (Å²) in [6, 6.07) is 0. The van der Waals surface area contributed by atoms with Crippen molar-refractivity contribution in [2.24, 2.45) is 5.90 Å². The Kier molecular flexibility index (Phi) is 5.80. The molecule has 0 aromatic carbocycles. The second-order valence-corrected chi connectivity index (χ2v) is 3.22. The van der Waals surface area contributed by atoms with Crippen molar-refractivity contribution in [1.29, 1.82) is 0 Å². The first kappa shape index (κ1) is 12.5. The highest BCUT2D eigenvalue weighted by molar-refractivity contribution is 7.46. The van der Waals surface area contributed by atoms with Crippen molar-refractivity contribution in [3.8, 4) is 0 Å². The summed E-state index contributed by atoms with van der Waals surface area (Å²) in [4.78, 5) is 31.0. The Morgan fingerprint density at radius 2 is 2.15 bits per heavy atom. The van der Waals surface area contributed by atoms with Crippen LogP contribution in [0.25, 0.3) is 0 Å². The number of hydrogen-bond donors (Lipinski definition) is 4. The fourth-order valence-corrected chi connectivity index (χ4v) is 0.811. The van der Waals surface area contributed by atoms with Gasteiger partial charge in [0, 0.05) is 6.54 Å². The molecule has 0 aliphatic heterocycles. The van der Waals surface area contributed by atoms with E-state index in [4.69, 9.17) is 9.79 Å². The molecule has 9 heteroatoms. The minimum absolute atomic E-state index is 0.0205. The van der Waals surface area contributed by atoms with Crippen LogP contribution in [-0.2, 0) is 18.7 Å². The maximum absolute atomic E-state index is 10.6. The normalized spacial score (nSPS) is 11.3. The molecule has 78 valence electrons. The lowest BCUT2D eigenvalue weighted by Gasteiger charge is -2.05. The van der Waals surface area contributed by atoms with Gasteiger partial charge in [0.15, 0.2) is 0 Å². The number of nitrogens with two attached hydrogens (primary N) is 1. The van der Waals surface area contributed by atoms with Crippen LogP contribution in [-0.4, -0.2) is 35.5 Å². The second kappa shape index (κ2) is 6.03. The lowest BCUT2D eigenvalue weighted by molar-refractivity contribution is -0.125. The van der Waals surface area contributed by atoms with Crippen LogP contribution in [0.4, 0.5) is 0 Å². The summed E-state index contributed by atoms with van der Waals surface area (Å²) in [5.74, 6) is 4.10. The van der Waals surface area contributed by atoms with Gasteiger partial charge in [-0.15, -0.1) is 0 Å². The Balaban J connectivity index is 3.36. The molecular weight excluding hydrogens is 203 g/mol. The average molecular weight is 214 g/mol. The quantitative estimate of drug-likeness (QED) is 0.231. The Morgan fingerprint density at radius 1 is 1.54 bits per heavy atom. The summed E-state index contributed by atoms with van der Waals surface area (Å²) in [6.45, 7) is -0.607. The third-order valence-corrected chi connectivity index (χ3v) is 1.42. The molecule has 0 bridgehead atoms. The zero-order valence-electron chi connectivity index (χ0n) is 6.67. The number of phosphoric ester groups is 1. The van der Waals surface area contributed by atoms with E-state index in [2.05, 4.69) is 20.6 Å². The van der Waals surface area contributed by atoms with Gasteiger partial charge in [0.2, 0.25) is 5.91 Å². The van der Waals surface area contributed by atoms with Gasteiger partial charge in [0.25, 0.3) is 0 Å². The molecule has 0 unspecified atom stereocenters. The van der Waals surface area contributed by atoms with Crippen molar-refractivity contribution in [3.05, 3.63) is 0 Å². The molecule has 1 amide bonds. The molecule has 0 saturated carbocycles. The van der Waals surface area contributed by atoms with Crippen molar-refractivity contribution < 1.29 is 28.5 Å². The van der Waals surface area contributed by atoms with E-state index in [1.165, 1.54) is 0 Å². The summed E-state index contributed by atoms with van der Waals surface area (Å²) in [5.41, 5.74) is 0. The van der Waals surface area contributed by atoms with Crippen LogP contribution in [0.5, 0.6) is 0 Å². The first-order valence-corrected chi connectivity index (χ1v) is 4.77. The van der Waals surface area contributed by atoms with Gasteiger partial charge in [-0.25, -0.2) is 10.5 Å². The Bertz CT molecular complexity index is 203. The SMILES string of the molecule is NOCC(=O)NCCOP(=O)(O)O. The third-order valence-electron chi connectivity index (χ3n) is 0.898. The van der Waals surface area contributed by atoms with Crippen LogP contribution in [0.3, 0.4) is 0 Å². The van der Waals surface area contributed by atoms with Crippen molar-refractivity contribution in [3.63, 3.8) is 0 Å². The highest BCUT2D eigenvalue weighted by Crippen LogP contribution is 2.34. The van der Waals surface area contributed by atoms with Gasteiger partial charge in [0.1, 0.15) is 6.61 Å². The van der Waals surface area contributed by atoms with Crippen LogP contribution in [0, 0.1) is 0 Å². The fraction of sp³-hybridized carbons (Fsp3) is 0.750. The lowest BCUT2D eigenvalue weighted by Crippen LogP contribution is -2.31. The van der Waals surface area contributed by atoms with Crippen LogP contribution >= 0.6 is 7.82 Å². The van der Waals surface area contributed by atoms with Gasteiger partial charge in [-0.1, -0.05) is 0 Å². The van der Waals surface area contributed by atoms with Crippen molar-refractivity contribution >= 4 is 13.7 Å². The maximum Gasteiger partial charge on any atom is 0.469 e. The molecule has 0 aliphatic rings. The molecule has 8 nitrogen and oxygen atoms in total. The minimum atomic E-state index is -4.45. The number of rotatable bonds is 6. The highest BCUT2D eigenvalue weighted by atomic mass is 31.2. The van der Waals surface area contributed by atoms with E-state index in [-0.39, 0.29) is 19.8 Å². The topological polar surface area (TPSA) is 131 Å². The molecule has 0 spiro atoms. The van der Waals surface area contributed by atoms with E-state index in [0.29, 0.717) is 0 Å². The van der Waals surface area contributed by atoms with Crippen LogP contribution in [0.2, 0.25) is 0 Å². The van der Waals surface area contributed by atoms with Crippen LogP contribution in [0.1, 0.15) is 0 Å². The van der Waals surface area contributed by atoms with Crippen molar-refractivity contribution in [2.45, 2.75) is 0 Å². The van der Waals surface area contributed by atoms with Gasteiger partial charge >= 0.3 is 7.82 Å². The lowest BCUT2D eigenvalue weighted by atomic mass is 10.6. The molecule has 0 saturated heterocycles. The highest BCUT2D eigenvalue weighted by Gasteiger charge is 2.12. The molecule has 0 radical (unpaired) electrons. The molecule has 0 aromatic heterocycles. The van der Waals surface area contributed by atoms with Crippen LogP contribution in [0.15, 0.2) is 0 Å². The van der Waals surface area contributed by atoms with Gasteiger partial charge in [0.05, 0.1) is 6.61 Å². The maximum atomic E-state index is 10.6. The third kappa shape index (κ3) is 9.41. The summed E-state index contributed by atoms with van der Waals surface area (Å²) >= 11 is 0. The van der Waals surface area contributed by atoms with E-state index in [1.54, 1.807) is 0 Å². The zero-order valence-corrected chi connectivity index (χ0v) is 7.57. The molecular formula is C4H11N2O6P. The number of carbonyl (C=O) groups is 1. The van der Waals surface area contributed by atoms with Crippen molar-refractivity contribution in [2.75, 3.05) is 19.8 Å². The van der Waals surface area contributed by atoms with E-state index in [9.17, 15) is 9.36 Å². The van der Waals surface area contributed by atoms with E-state index < -0.39 is 13.7 Å². The zero-order chi connectivity index (χ0) is 10.3. The van der Waals surface area contributed by atoms with Gasteiger partial charge < -0.3 is 15.1 Å². The summed E-state index contributed by atoms with van der Waals surface area (Å²) < 4.78 is 14.2. The van der Waals surface area contributed by atoms with E-state index in [1.807, 2.05) is 0 Å².